The zero-order chi connectivity index (χ0) is 14.5. The second-order valence-corrected chi connectivity index (χ2v) is 5.85. The van der Waals surface area contributed by atoms with E-state index in [-0.39, 0.29) is 0 Å². The molecule has 3 heteroatoms. The first-order valence-electron chi connectivity index (χ1n) is 7.79. The van der Waals surface area contributed by atoms with Gasteiger partial charge in [0.15, 0.2) is 0 Å². The van der Waals surface area contributed by atoms with Gasteiger partial charge in [0.1, 0.15) is 0 Å². The number of nitrogens with one attached hydrogen (secondary N) is 1. The van der Waals surface area contributed by atoms with Gasteiger partial charge in [-0.2, -0.15) is 5.10 Å². The summed E-state index contributed by atoms with van der Waals surface area (Å²) in [6.07, 6.45) is 10.7. The van der Waals surface area contributed by atoms with Gasteiger partial charge in [-0.3, -0.25) is 0 Å². The summed E-state index contributed by atoms with van der Waals surface area (Å²) in [5.41, 5.74) is 2.73. The summed E-state index contributed by atoms with van der Waals surface area (Å²) in [6, 6.07) is 11.6. The molecule has 1 heterocycles. The highest BCUT2D eigenvalue weighted by atomic mass is 15.2. The molecule has 21 heavy (non-hydrogen) atoms. The molecule has 0 radical (unpaired) electrons. The van der Waals surface area contributed by atoms with Crippen molar-refractivity contribution in [3.8, 4) is 0 Å². The predicted molar refractivity (Wildman–Crippen MR) is 86.9 cm³/mol. The molecule has 1 aromatic carbocycles. The number of hydrogen-bond donors (Lipinski definition) is 1. The van der Waals surface area contributed by atoms with Crippen molar-refractivity contribution >= 4 is 6.20 Å². The van der Waals surface area contributed by atoms with Crippen LogP contribution >= 0.6 is 0 Å². The van der Waals surface area contributed by atoms with Gasteiger partial charge in [0.25, 0.3) is 0 Å². The molecule has 2 aromatic rings. The highest BCUT2D eigenvalue weighted by Gasteiger charge is 2.21. The predicted octanol–water partition coefficient (Wildman–Crippen LogP) is 3.80. The van der Waals surface area contributed by atoms with E-state index in [1.807, 2.05) is 12.4 Å². The van der Waals surface area contributed by atoms with Crippen LogP contribution in [0.2, 0.25) is 0 Å². The second-order valence-electron chi connectivity index (χ2n) is 5.85. The van der Waals surface area contributed by atoms with E-state index in [1.54, 1.807) is 10.9 Å². The molecular weight excluding hydrogens is 258 g/mol. The molecule has 0 bridgehead atoms. The number of nitrogens with zero attached hydrogens (tertiary/aromatic N) is 2. The van der Waals surface area contributed by atoms with Gasteiger partial charge in [-0.25, -0.2) is 4.68 Å². The minimum atomic E-state index is 0.636. The molecule has 0 amide bonds. The Balaban J connectivity index is 1.46. The number of hydrogen-bond acceptors (Lipinski definition) is 2. The monoisotopic (exact) mass is 281 g/mol. The van der Waals surface area contributed by atoms with Crippen molar-refractivity contribution in [3.05, 3.63) is 60.4 Å². The molecule has 0 aliphatic heterocycles. The van der Waals surface area contributed by atoms with Crippen LogP contribution in [0.15, 0.2) is 49.3 Å². The van der Waals surface area contributed by atoms with E-state index in [2.05, 4.69) is 47.3 Å². The standard InChI is InChI=1S/C18H23N3/c1-2-21-14-15(13-20-21)12-19-18-10-8-17(9-11-18)16-6-4-3-5-7-16/h2-7,13-14,17-19H,1,8-12H2. The molecule has 3 nitrogen and oxygen atoms in total. The van der Waals surface area contributed by atoms with Crippen molar-refractivity contribution in [2.24, 2.45) is 0 Å². The first kappa shape index (κ1) is 14.1. The van der Waals surface area contributed by atoms with Crippen LogP contribution in [0, 0.1) is 0 Å². The Morgan fingerprint density at radius 2 is 1.95 bits per heavy atom. The van der Waals surface area contributed by atoms with Gasteiger partial charge in [0.2, 0.25) is 0 Å². The highest BCUT2D eigenvalue weighted by Crippen LogP contribution is 2.32. The van der Waals surface area contributed by atoms with Crippen molar-refractivity contribution in [1.29, 1.82) is 0 Å². The maximum atomic E-state index is 4.21. The molecule has 0 saturated heterocycles. The van der Waals surface area contributed by atoms with Crippen LogP contribution in [-0.2, 0) is 6.54 Å². The van der Waals surface area contributed by atoms with Crippen molar-refractivity contribution < 1.29 is 0 Å². The Morgan fingerprint density at radius 1 is 1.19 bits per heavy atom. The van der Waals surface area contributed by atoms with Crippen LogP contribution in [0.4, 0.5) is 0 Å². The fraction of sp³-hybridized carbons (Fsp3) is 0.389. The Morgan fingerprint density at radius 3 is 2.62 bits per heavy atom. The van der Waals surface area contributed by atoms with Crippen molar-refractivity contribution in [1.82, 2.24) is 15.1 Å². The molecular formula is C18H23N3. The van der Waals surface area contributed by atoms with Crippen LogP contribution in [0.1, 0.15) is 42.7 Å². The van der Waals surface area contributed by atoms with Gasteiger partial charge in [-0.15, -0.1) is 0 Å². The minimum absolute atomic E-state index is 0.636. The lowest BCUT2D eigenvalue weighted by Gasteiger charge is -2.29. The van der Waals surface area contributed by atoms with E-state index < -0.39 is 0 Å². The molecule has 110 valence electrons. The Labute approximate surface area is 126 Å². The summed E-state index contributed by atoms with van der Waals surface area (Å²) >= 11 is 0. The molecule has 1 N–H and O–H groups in total. The molecule has 0 atom stereocenters. The van der Waals surface area contributed by atoms with Gasteiger partial charge in [0.05, 0.1) is 6.20 Å². The number of aromatic nitrogens is 2. The lowest BCUT2D eigenvalue weighted by atomic mass is 9.82. The van der Waals surface area contributed by atoms with Crippen molar-refractivity contribution in [3.63, 3.8) is 0 Å². The fourth-order valence-corrected chi connectivity index (χ4v) is 3.19. The maximum absolute atomic E-state index is 4.21. The summed E-state index contributed by atoms with van der Waals surface area (Å²) in [4.78, 5) is 0. The normalized spacial score (nSPS) is 22.1. The van der Waals surface area contributed by atoms with Crippen LogP contribution in [-0.4, -0.2) is 15.8 Å². The average Bonchev–Trinajstić information content (AvgIpc) is 3.02. The van der Waals surface area contributed by atoms with E-state index in [1.165, 1.54) is 36.8 Å². The maximum Gasteiger partial charge on any atom is 0.0538 e. The zero-order valence-corrected chi connectivity index (χ0v) is 12.4. The third-order valence-corrected chi connectivity index (χ3v) is 4.44. The van der Waals surface area contributed by atoms with Crippen molar-refractivity contribution in [2.45, 2.75) is 44.2 Å². The second kappa shape index (κ2) is 6.72. The number of benzene rings is 1. The first-order chi connectivity index (χ1) is 10.3. The average molecular weight is 281 g/mol. The largest absolute Gasteiger partial charge is 0.310 e. The summed E-state index contributed by atoms with van der Waals surface area (Å²) in [5.74, 6) is 0.743. The Hall–Kier alpha value is -1.87. The summed E-state index contributed by atoms with van der Waals surface area (Å²) in [5, 5.41) is 7.87. The van der Waals surface area contributed by atoms with Gasteiger partial charge < -0.3 is 5.32 Å². The lowest BCUT2D eigenvalue weighted by Crippen LogP contribution is -2.32. The molecule has 0 unspecified atom stereocenters. The quantitative estimate of drug-likeness (QED) is 0.903. The Kier molecular flexibility index (Phi) is 4.51. The smallest absolute Gasteiger partial charge is 0.0538 e. The van der Waals surface area contributed by atoms with Crippen LogP contribution < -0.4 is 5.32 Å². The summed E-state index contributed by atoms with van der Waals surface area (Å²) < 4.78 is 1.75. The molecule has 1 aliphatic rings. The van der Waals surface area contributed by atoms with Gasteiger partial charge >= 0.3 is 0 Å². The van der Waals surface area contributed by atoms with Gasteiger partial charge in [-0.05, 0) is 37.2 Å². The molecule has 1 aromatic heterocycles. The van der Waals surface area contributed by atoms with Gasteiger partial charge in [-0.1, -0.05) is 36.9 Å². The fourth-order valence-electron chi connectivity index (χ4n) is 3.19. The third kappa shape index (κ3) is 3.61. The van der Waals surface area contributed by atoms with E-state index in [0.29, 0.717) is 6.04 Å². The Bertz CT molecular complexity index is 565. The highest BCUT2D eigenvalue weighted by molar-refractivity contribution is 5.20. The van der Waals surface area contributed by atoms with E-state index in [4.69, 9.17) is 0 Å². The van der Waals surface area contributed by atoms with Crippen LogP contribution in [0.5, 0.6) is 0 Å². The van der Waals surface area contributed by atoms with Crippen LogP contribution in [0.25, 0.3) is 6.20 Å². The molecule has 1 aliphatic carbocycles. The van der Waals surface area contributed by atoms with E-state index >= 15 is 0 Å². The van der Waals surface area contributed by atoms with Gasteiger partial charge in [0, 0.05) is 30.5 Å². The lowest BCUT2D eigenvalue weighted by molar-refractivity contribution is 0.341. The SMILES string of the molecule is C=Cn1cc(CNC2CCC(c3ccccc3)CC2)cn1. The molecule has 0 spiro atoms. The summed E-state index contributed by atoms with van der Waals surface area (Å²) in [6.45, 7) is 4.61. The molecule has 3 rings (SSSR count). The zero-order valence-electron chi connectivity index (χ0n) is 12.4. The topological polar surface area (TPSA) is 29.9 Å². The van der Waals surface area contributed by atoms with Crippen molar-refractivity contribution in [2.75, 3.05) is 0 Å². The first-order valence-corrected chi connectivity index (χ1v) is 7.79. The molecule has 1 fully saturated rings. The minimum Gasteiger partial charge on any atom is -0.310 e. The number of rotatable bonds is 5. The summed E-state index contributed by atoms with van der Waals surface area (Å²) in [7, 11) is 0. The van der Waals surface area contributed by atoms with Crippen LogP contribution in [0.3, 0.4) is 0 Å². The molecule has 1 saturated carbocycles. The van der Waals surface area contributed by atoms with E-state index in [9.17, 15) is 0 Å². The third-order valence-electron chi connectivity index (χ3n) is 4.44. The van der Waals surface area contributed by atoms with E-state index in [0.717, 1.165) is 12.5 Å².